The molecule has 2 N–H and O–H groups in total. The smallest absolute Gasteiger partial charge is 0.0303 e. The number of halogens is 1. The average molecular weight is 214 g/mol. The van der Waals surface area contributed by atoms with Gasteiger partial charge in [-0.05, 0) is 18.1 Å². The third-order valence-corrected chi connectivity index (χ3v) is 2.47. The second-order valence-corrected chi connectivity index (χ2v) is 3.39. The molecule has 0 heterocycles. The number of benzene rings is 1. The lowest BCUT2D eigenvalue weighted by molar-refractivity contribution is 0.695. The molecule has 1 nitrogen and oxygen atoms in total. The van der Waals surface area contributed by atoms with Crippen molar-refractivity contribution in [3.8, 4) is 0 Å². The summed E-state index contributed by atoms with van der Waals surface area (Å²) in [5.74, 6) is 0. The van der Waals surface area contributed by atoms with Crippen molar-refractivity contribution in [2.24, 2.45) is 5.73 Å². The fourth-order valence-corrected chi connectivity index (χ4v) is 1.57. The van der Waals surface area contributed by atoms with Gasteiger partial charge in [-0.15, -0.1) is 0 Å². The van der Waals surface area contributed by atoms with Crippen LogP contribution in [0.3, 0.4) is 0 Å². The molecule has 11 heavy (non-hydrogen) atoms. The Morgan fingerprint density at radius 1 is 1.45 bits per heavy atom. The van der Waals surface area contributed by atoms with Crippen LogP contribution in [0.2, 0.25) is 0 Å². The molecule has 1 aromatic carbocycles. The van der Waals surface area contributed by atoms with E-state index in [1.807, 2.05) is 18.2 Å². The molecule has 1 rings (SSSR count). The molecular weight excluding hydrogens is 202 g/mol. The van der Waals surface area contributed by atoms with E-state index in [4.69, 9.17) is 5.73 Å². The molecule has 0 amide bonds. The van der Waals surface area contributed by atoms with Gasteiger partial charge in [-0.2, -0.15) is 0 Å². The van der Waals surface area contributed by atoms with E-state index in [1.54, 1.807) is 0 Å². The minimum Gasteiger partial charge on any atom is -0.324 e. The Hall–Kier alpha value is -0.340. The first-order valence-corrected chi connectivity index (χ1v) is 4.55. The summed E-state index contributed by atoms with van der Waals surface area (Å²) in [6.45, 7) is 2.09. The van der Waals surface area contributed by atoms with Crippen LogP contribution in [0.1, 0.15) is 24.9 Å². The molecule has 0 bridgehead atoms. The van der Waals surface area contributed by atoms with Crippen molar-refractivity contribution < 1.29 is 0 Å². The third kappa shape index (κ3) is 2.04. The molecule has 1 atom stereocenters. The lowest BCUT2D eigenvalue weighted by Gasteiger charge is -2.10. The van der Waals surface area contributed by atoms with Crippen LogP contribution in [0, 0.1) is 0 Å². The van der Waals surface area contributed by atoms with Gasteiger partial charge in [0.05, 0.1) is 0 Å². The molecular formula is C9H12BrN. The Balaban J connectivity index is 2.93. The van der Waals surface area contributed by atoms with Crippen LogP contribution >= 0.6 is 15.9 Å². The molecule has 0 aliphatic carbocycles. The van der Waals surface area contributed by atoms with E-state index >= 15 is 0 Å². The maximum Gasteiger partial charge on any atom is 0.0303 e. The molecule has 0 radical (unpaired) electrons. The normalized spacial score (nSPS) is 13.0. The molecule has 0 saturated heterocycles. The van der Waals surface area contributed by atoms with E-state index < -0.39 is 0 Å². The monoisotopic (exact) mass is 213 g/mol. The van der Waals surface area contributed by atoms with Gasteiger partial charge < -0.3 is 5.73 Å². The van der Waals surface area contributed by atoms with Crippen LogP contribution in [0.5, 0.6) is 0 Å². The topological polar surface area (TPSA) is 26.0 Å². The standard InChI is InChI=1S/C9H12BrN/c1-2-9(11)7-5-3-4-6-8(7)10/h3-6,9H,2,11H2,1H3/t9-/m0/s1. The summed E-state index contributed by atoms with van der Waals surface area (Å²) >= 11 is 3.46. The highest BCUT2D eigenvalue weighted by Crippen LogP contribution is 2.22. The van der Waals surface area contributed by atoms with Gasteiger partial charge in [0.15, 0.2) is 0 Å². The van der Waals surface area contributed by atoms with Crippen LogP contribution < -0.4 is 5.73 Å². The van der Waals surface area contributed by atoms with E-state index in [2.05, 4.69) is 28.9 Å². The fraction of sp³-hybridized carbons (Fsp3) is 0.333. The molecule has 0 saturated carbocycles. The predicted octanol–water partition coefficient (Wildman–Crippen LogP) is 2.86. The third-order valence-electron chi connectivity index (χ3n) is 1.74. The number of hydrogen-bond donors (Lipinski definition) is 1. The van der Waals surface area contributed by atoms with Gasteiger partial charge in [0.2, 0.25) is 0 Å². The Kier molecular flexibility index (Phi) is 3.09. The van der Waals surface area contributed by atoms with Gasteiger partial charge in [0.25, 0.3) is 0 Å². The van der Waals surface area contributed by atoms with Crippen LogP contribution in [-0.2, 0) is 0 Å². The van der Waals surface area contributed by atoms with Gasteiger partial charge in [0, 0.05) is 10.5 Å². The average Bonchev–Trinajstić information content (AvgIpc) is 2.04. The quantitative estimate of drug-likeness (QED) is 0.804. The maximum atomic E-state index is 5.87. The molecule has 0 aliphatic heterocycles. The van der Waals surface area contributed by atoms with Crippen molar-refractivity contribution in [1.82, 2.24) is 0 Å². The van der Waals surface area contributed by atoms with Crippen molar-refractivity contribution in [3.05, 3.63) is 34.3 Å². The Bertz CT molecular complexity index is 235. The van der Waals surface area contributed by atoms with E-state index in [0.717, 1.165) is 10.9 Å². The van der Waals surface area contributed by atoms with Crippen molar-refractivity contribution in [2.45, 2.75) is 19.4 Å². The Labute approximate surface area is 75.7 Å². The van der Waals surface area contributed by atoms with Gasteiger partial charge >= 0.3 is 0 Å². The van der Waals surface area contributed by atoms with Crippen molar-refractivity contribution in [2.75, 3.05) is 0 Å². The highest BCUT2D eigenvalue weighted by molar-refractivity contribution is 9.10. The predicted molar refractivity (Wildman–Crippen MR) is 51.4 cm³/mol. The van der Waals surface area contributed by atoms with Crippen LogP contribution in [-0.4, -0.2) is 0 Å². The summed E-state index contributed by atoms with van der Waals surface area (Å²) in [6.07, 6.45) is 0.975. The summed E-state index contributed by atoms with van der Waals surface area (Å²) in [5, 5.41) is 0. The summed E-state index contributed by atoms with van der Waals surface area (Å²) < 4.78 is 1.11. The molecule has 0 aliphatic rings. The van der Waals surface area contributed by atoms with Crippen LogP contribution in [0.4, 0.5) is 0 Å². The molecule has 1 aromatic rings. The second kappa shape index (κ2) is 3.88. The fourth-order valence-electron chi connectivity index (χ4n) is 0.996. The highest BCUT2D eigenvalue weighted by atomic mass is 79.9. The zero-order chi connectivity index (χ0) is 8.27. The van der Waals surface area contributed by atoms with E-state index in [-0.39, 0.29) is 6.04 Å². The number of hydrogen-bond acceptors (Lipinski definition) is 1. The van der Waals surface area contributed by atoms with E-state index in [0.29, 0.717) is 0 Å². The maximum absolute atomic E-state index is 5.87. The van der Waals surface area contributed by atoms with Gasteiger partial charge in [-0.1, -0.05) is 41.1 Å². The summed E-state index contributed by atoms with van der Waals surface area (Å²) in [7, 11) is 0. The van der Waals surface area contributed by atoms with Gasteiger partial charge in [-0.3, -0.25) is 0 Å². The summed E-state index contributed by atoms with van der Waals surface area (Å²) in [4.78, 5) is 0. The number of rotatable bonds is 2. The summed E-state index contributed by atoms with van der Waals surface area (Å²) in [6, 6.07) is 8.24. The molecule has 0 unspecified atom stereocenters. The van der Waals surface area contributed by atoms with Crippen LogP contribution in [0.15, 0.2) is 28.7 Å². The van der Waals surface area contributed by atoms with E-state index in [1.165, 1.54) is 5.56 Å². The largest absolute Gasteiger partial charge is 0.324 e. The zero-order valence-corrected chi connectivity index (χ0v) is 8.14. The van der Waals surface area contributed by atoms with Crippen LogP contribution in [0.25, 0.3) is 0 Å². The molecule has 0 fully saturated rings. The molecule has 60 valence electrons. The first kappa shape index (κ1) is 8.75. The highest BCUT2D eigenvalue weighted by Gasteiger charge is 2.05. The second-order valence-electron chi connectivity index (χ2n) is 2.54. The van der Waals surface area contributed by atoms with Crippen molar-refractivity contribution >= 4 is 15.9 Å². The minimum atomic E-state index is 0.158. The molecule has 0 spiro atoms. The Morgan fingerprint density at radius 2 is 2.09 bits per heavy atom. The molecule has 2 heteroatoms. The number of nitrogens with two attached hydrogens (primary N) is 1. The van der Waals surface area contributed by atoms with Crippen molar-refractivity contribution in [1.29, 1.82) is 0 Å². The lowest BCUT2D eigenvalue weighted by atomic mass is 10.1. The minimum absolute atomic E-state index is 0.158. The lowest BCUT2D eigenvalue weighted by Crippen LogP contribution is -2.08. The van der Waals surface area contributed by atoms with Crippen molar-refractivity contribution in [3.63, 3.8) is 0 Å². The molecule has 0 aromatic heterocycles. The van der Waals surface area contributed by atoms with Gasteiger partial charge in [0.1, 0.15) is 0 Å². The zero-order valence-electron chi connectivity index (χ0n) is 6.55. The van der Waals surface area contributed by atoms with E-state index in [9.17, 15) is 0 Å². The Morgan fingerprint density at radius 3 is 2.64 bits per heavy atom. The van der Waals surface area contributed by atoms with Gasteiger partial charge in [-0.25, -0.2) is 0 Å². The SMILES string of the molecule is CC[C@H](N)c1ccccc1Br. The first-order valence-electron chi connectivity index (χ1n) is 3.75. The first-order chi connectivity index (χ1) is 5.25. The summed E-state index contributed by atoms with van der Waals surface area (Å²) in [5.41, 5.74) is 7.05.